The number of carbonyl (C=O) groups excluding carboxylic acids is 2. The average Bonchev–Trinajstić information content (AvgIpc) is 2.66. The fraction of sp³-hybridized carbons (Fsp3) is 0.211. The van der Waals surface area contributed by atoms with Crippen LogP contribution in [0.4, 0.5) is 10.1 Å². The van der Waals surface area contributed by atoms with Gasteiger partial charge in [-0.3, -0.25) is 14.5 Å². The molecule has 2 aromatic carbocycles. The molecule has 3 rings (SSSR count). The van der Waals surface area contributed by atoms with Gasteiger partial charge in [0.15, 0.2) is 5.17 Å². The van der Waals surface area contributed by atoms with Crippen molar-refractivity contribution in [1.82, 2.24) is 4.90 Å². The summed E-state index contributed by atoms with van der Waals surface area (Å²) in [5, 5.41) is -0.318. The number of hydrogen-bond acceptors (Lipinski definition) is 5. The lowest BCUT2D eigenvalue weighted by atomic mass is 10.2. The molecule has 2 amide bonds. The Labute approximate surface area is 160 Å². The Kier molecular flexibility index (Phi) is 5.75. The normalized spacial score (nSPS) is 18.6. The highest BCUT2D eigenvalue weighted by Gasteiger charge is 2.34. The maximum atomic E-state index is 13.1. The van der Waals surface area contributed by atoms with Crippen molar-refractivity contribution in [2.24, 2.45) is 10.7 Å². The molecule has 0 aromatic heterocycles. The summed E-state index contributed by atoms with van der Waals surface area (Å²) in [4.78, 5) is 30.2. The van der Waals surface area contributed by atoms with E-state index in [9.17, 15) is 14.0 Å². The van der Waals surface area contributed by atoms with Gasteiger partial charge in [0.05, 0.1) is 24.6 Å². The number of nitrogens with zero attached hydrogens (tertiary/aromatic N) is 2. The van der Waals surface area contributed by atoms with Crippen molar-refractivity contribution < 1.29 is 18.7 Å². The van der Waals surface area contributed by atoms with E-state index < -0.39 is 11.2 Å². The minimum Gasteiger partial charge on any atom is -0.497 e. The predicted octanol–water partition coefficient (Wildman–Crippen LogP) is 2.84. The van der Waals surface area contributed by atoms with Gasteiger partial charge in [-0.15, -0.1) is 0 Å². The highest BCUT2D eigenvalue weighted by Crippen LogP contribution is 2.30. The number of methoxy groups -OCH3 is 1. The summed E-state index contributed by atoms with van der Waals surface area (Å²) in [7, 11) is 1.58. The Morgan fingerprint density at radius 3 is 2.52 bits per heavy atom. The Morgan fingerprint density at radius 2 is 1.93 bits per heavy atom. The van der Waals surface area contributed by atoms with Crippen LogP contribution in [-0.2, 0) is 16.1 Å². The van der Waals surface area contributed by atoms with Crippen LogP contribution in [-0.4, -0.2) is 34.2 Å². The molecule has 140 valence electrons. The summed E-state index contributed by atoms with van der Waals surface area (Å²) >= 11 is 1.14. The highest BCUT2D eigenvalue weighted by molar-refractivity contribution is 8.15. The number of amides is 2. The lowest BCUT2D eigenvalue weighted by Crippen LogP contribution is -2.45. The summed E-state index contributed by atoms with van der Waals surface area (Å²) in [5.74, 6) is -0.470. The summed E-state index contributed by atoms with van der Waals surface area (Å²) in [6.07, 6.45) is 0.0125. The van der Waals surface area contributed by atoms with Gasteiger partial charge in [-0.05, 0) is 42.0 Å². The molecule has 1 heterocycles. The van der Waals surface area contributed by atoms with Crippen molar-refractivity contribution in [3.05, 3.63) is 59.9 Å². The molecule has 0 radical (unpaired) electrons. The minimum atomic E-state index is -0.677. The van der Waals surface area contributed by atoms with E-state index in [1.54, 1.807) is 19.2 Å². The number of nitrogens with two attached hydrogens (primary N) is 1. The first kappa shape index (κ1) is 18.9. The number of primary amides is 1. The van der Waals surface area contributed by atoms with E-state index in [2.05, 4.69) is 4.99 Å². The number of halogens is 1. The van der Waals surface area contributed by atoms with Crippen LogP contribution >= 0.6 is 11.8 Å². The molecule has 0 saturated carbocycles. The number of rotatable bonds is 5. The third-order valence-electron chi connectivity index (χ3n) is 4.01. The first-order valence-corrected chi connectivity index (χ1v) is 9.08. The van der Waals surface area contributed by atoms with Gasteiger partial charge >= 0.3 is 0 Å². The zero-order valence-electron chi connectivity index (χ0n) is 14.6. The molecule has 2 aromatic rings. The predicted molar refractivity (Wildman–Crippen MR) is 102 cm³/mol. The standard InChI is InChI=1S/C19H18FN3O3S/c1-26-15-8-2-12(3-9-15)11-23-17(24)10-16(18(21)25)27-19(23)22-14-6-4-13(20)5-7-14/h2-9,16H,10-11H2,1H3,(H2,21,25)/t16-/m1/s1. The third-order valence-corrected chi connectivity index (χ3v) is 5.21. The highest BCUT2D eigenvalue weighted by atomic mass is 32.2. The van der Waals surface area contributed by atoms with Crippen LogP contribution in [0.5, 0.6) is 5.75 Å². The van der Waals surface area contributed by atoms with Crippen LogP contribution in [0, 0.1) is 5.82 Å². The van der Waals surface area contributed by atoms with Crippen molar-refractivity contribution in [3.8, 4) is 5.75 Å². The van der Waals surface area contributed by atoms with E-state index in [1.807, 2.05) is 12.1 Å². The van der Waals surface area contributed by atoms with Crippen LogP contribution in [0.1, 0.15) is 12.0 Å². The molecule has 1 fully saturated rings. The molecular weight excluding hydrogens is 369 g/mol. The van der Waals surface area contributed by atoms with Gasteiger partial charge in [0.25, 0.3) is 0 Å². The Hall–Kier alpha value is -2.87. The second-order valence-corrected chi connectivity index (χ2v) is 7.08. The first-order chi connectivity index (χ1) is 13.0. The zero-order chi connectivity index (χ0) is 19.4. The Morgan fingerprint density at radius 1 is 1.26 bits per heavy atom. The van der Waals surface area contributed by atoms with E-state index in [1.165, 1.54) is 29.2 Å². The first-order valence-electron chi connectivity index (χ1n) is 8.20. The molecule has 8 heteroatoms. The van der Waals surface area contributed by atoms with Crippen LogP contribution in [0.25, 0.3) is 0 Å². The van der Waals surface area contributed by atoms with Crippen LogP contribution in [0.3, 0.4) is 0 Å². The molecule has 0 unspecified atom stereocenters. The van der Waals surface area contributed by atoms with Gasteiger partial charge in [-0.1, -0.05) is 23.9 Å². The molecule has 1 aliphatic rings. The van der Waals surface area contributed by atoms with Gasteiger partial charge in [-0.25, -0.2) is 9.38 Å². The largest absolute Gasteiger partial charge is 0.497 e. The van der Waals surface area contributed by atoms with Crippen molar-refractivity contribution in [2.75, 3.05) is 7.11 Å². The third kappa shape index (κ3) is 4.65. The molecule has 2 N–H and O–H groups in total. The van der Waals surface area contributed by atoms with Crippen molar-refractivity contribution >= 4 is 34.4 Å². The van der Waals surface area contributed by atoms with Crippen LogP contribution < -0.4 is 10.5 Å². The van der Waals surface area contributed by atoms with Gasteiger partial charge in [0, 0.05) is 6.42 Å². The number of aliphatic imine (C=N–C) groups is 1. The molecule has 1 atom stereocenters. The molecule has 1 saturated heterocycles. The molecule has 0 aliphatic carbocycles. The quantitative estimate of drug-likeness (QED) is 0.855. The van der Waals surface area contributed by atoms with Crippen molar-refractivity contribution in [1.29, 1.82) is 0 Å². The van der Waals surface area contributed by atoms with E-state index in [0.717, 1.165) is 17.3 Å². The second-order valence-electron chi connectivity index (χ2n) is 5.91. The number of thioether (sulfide) groups is 1. The minimum absolute atomic E-state index is 0.0125. The van der Waals surface area contributed by atoms with Gasteiger partial charge < -0.3 is 10.5 Å². The van der Waals surface area contributed by atoms with Crippen molar-refractivity contribution in [3.63, 3.8) is 0 Å². The zero-order valence-corrected chi connectivity index (χ0v) is 15.4. The second kappa shape index (κ2) is 8.22. The SMILES string of the molecule is COc1ccc(CN2C(=O)C[C@H](C(N)=O)SC2=Nc2ccc(F)cc2)cc1. The number of benzene rings is 2. The Balaban J connectivity index is 1.90. The smallest absolute Gasteiger partial charge is 0.231 e. The van der Waals surface area contributed by atoms with Gasteiger partial charge in [0.2, 0.25) is 11.8 Å². The summed E-state index contributed by atoms with van der Waals surface area (Å²) in [6, 6.07) is 12.9. The summed E-state index contributed by atoms with van der Waals surface area (Å²) in [6.45, 7) is 0.293. The molecule has 6 nitrogen and oxygen atoms in total. The molecule has 1 aliphatic heterocycles. The molecule has 0 bridgehead atoms. The van der Waals surface area contributed by atoms with E-state index in [0.29, 0.717) is 23.1 Å². The molecule has 0 spiro atoms. The number of hydrogen-bond donors (Lipinski definition) is 1. The number of amidine groups is 1. The molecular formula is C19H18FN3O3S. The van der Waals surface area contributed by atoms with Gasteiger partial charge in [-0.2, -0.15) is 0 Å². The number of ether oxygens (including phenoxy) is 1. The lowest BCUT2D eigenvalue weighted by molar-refractivity contribution is -0.130. The van der Waals surface area contributed by atoms with E-state index >= 15 is 0 Å². The summed E-state index contributed by atoms with van der Waals surface area (Å²) in [5.41, 5.74) is 6.75. The fourth-order valence-corrected chi connectivity index (χ4v) is 3.60. The monoisotopic (exact) mass is 387 g/mol. The maximum Gasteiger partial charge on any atom is 0.231 e. The van der Waals surface area contributed by atoms with Crippen LogP contribution in [0.15, 0.2) is 53.5 Å². The number of carbonyl (C=O) groups is 2. The Bertz CT molecular complexity index is 869. The maximum absolute atomic E-state index is 13.1. The topological polar surface area (TPSA) is 85.0 Å². The van der Waals surface area contributed by atoms with Crippen molar-refractivity contribution in [2.45, 2.75) is 18.2 Å². The fourth-order valence-electron chi connectivity index (χ4n) is 2.55. The molecule has 27 heavy (non-hydrogen) atoms. The van der Waals surface area contributed by atoms with Crippen LogP contribution in [0.2, 0.25) is 0 Å². The summed E-state index contributed by atoms with van der Waals surface area (Å²) < 4.78 is 18.3. The lowest BCUT2D eigenvalue weighted by Gasteiger charge is -2.31. The van der Waals surface area contributed by atoms with E-state index in [-0.39, 0.29) is 18.1 Å². The van der Waals surface area contributed by atoms with E-state index in [4.69, 9.17) is 10.5 Å². The van der Waals surface area contributed by atoms with Gasteiger partial charge in [0.1, 0.15) is 11.6 Å². The average molecular weight is 387 g/mol.